The standard InChI is InChI=1S/C24H38ClN5O4Si/c1-23(2,3)34-22(32)30-12-11-17(15-30)29-19(31)14-26-21-18(20(25)27-16-28-21)10-9-13-33-35(7,8)24(4,5)6/h16-17H,11-15H2,1-8H3,(H,29,31)(H,26,27,28). The lowest BCUT2D eigenvalue weighted by atomic mass is 10.2. The SMILES string of the molecule is CC(C)(C)OC(=O)N1CCC(NC(=O)CNc2ncnc(Cl)c2C#CCO[Si](C)(C)C(C)(C)C)C1. The van der Waals surface area contributed by atoms with Crippen LogP contribution in [0.15, 0.2) is 6.33 Å². The highest BCUT2D eigenvalue weighted by molar-refractivity contribution is 6.74. The van der Waals surface area contributed by atoms with E-state index in [1.807, 2.05) is 20.8 Å². The van der Waals surface area contributed by atoms with Gasteiger partial charge in [0.15, 0.2) is 8.32 Å². The van der Waals surface area contributed by atoms with E-state index in [4.69, 9.17) is 20.8 Å². The third-order valence-electron chi connectivity index (χ3n) is 5.95. The summed E-state index contributed by atoms with van der Waals surface area (Å²) < 4.78 is 11.5. The van der Waals surface area contributed by atoms with Crippen molar-refractivity contribution in [2.45, 2.75) is 77.7 Å². The largest absolute Gasteiger partial charge is 0.444 e. The molecule has 0 aliphatic carbocycles. The lowest BCUT2D eigenvalue weighted by molar-refractivity contribution is -0.120. The van der Waals surface area contributed by atoms with Gasteiger partial charge in [-0.3, -0.25) is 4.79 Å². The van der Waals surface area contributed by atoms with E-state index >= 15 is 0 Å². The van der Waals surface area contributed by atoms with Gasteiger partial charge in [0.05, 0.1) is 13.2 Å². The molecule has 2 N–H and O–H groups in total. The van der Waals surface area contributed by atoms with Crippen molar-refractivity contribution in [1.29, 1.82) is 0 Å². The third-order valence-corrected chi connectivity index (χ3v) is 10.7. The van der Waals surface area contributed by atoms with Crippen molar-refractivity contribution in [1.82, 2.24) is 20.2 Å². The van der Waals surface area contributed by atoms with Crippen LogP contribution < -0.4 is 10.6 Å². The van der Waals surface area contributed by atoms with Crippen LogP contribution in [0.25, 0.3) is 0 Å². The van der Waals surface area contributed by atoms with E-state index in [1.54, 1.807) is 4.90 Å². The Bertz CT molecular complexity index is 979. The van der Waals surface area contributed by atoms with Crippen molar-refractivity contribution in [3.63, 3.8) is 0 Å². The Labute approximate surface area is 214 Å². The second kappa shape index (κ2) is 11.6. The number of likely N-dealkylation sites (tertiary alicyclic amines) is 1. The zero-order valence-electron chi connectivity index (χ0n) is 22.0. The van der Waals surface area contributed by atoms with Gasteiger partial charge in [0.25, 0.3) is 0 Å². The molecule has 1 saturated heterocycles. The monoisotopic (exact) mass is 523 g/mol. The van der Waals surface area contributed by atoms with Gasteiger partial charge < -0.3 is 24.7 Å². The summed E-state index contributed by atoms with van der Waals surface area (Å²) in [4.78, 5) is 34.5. The zero-order valence-corrected chi connectivity index (χ0v) is 23.8. The Morgan fingerprint density at radius 3 is 2.54 bits per heavy atom. The molecule has 0 radical (unpaired) electrons. The lowest BCUT2D eigenvalue weighted by Crippen LogP contribution is -2.42. The van der Waals surface area contributed by atoms with Gasteiger partial charge in [0.2, 0.25) is 5.91 Å². The molecule has 2 heterocycles. The number of nitrogens with zero attached hydrogens (tertiary/aromatic N) is 3. The normalized spacial score (nSPS) is 16.4. The molecule has 1 aromatic heterocycles. The quantitative estimate of drug-likeness (QED) is 0.329. The van der Waals surface area contributed by atoms with Gasteiger partial charge in [-0.25, -0.2) is 14.8 Å². The average Bonchev–Trinajstić information content (AvgIpc) is 3.17. The molecular weight excluding hydrogens is 486 g/mol. The maximum absolute atomic E-state index is 12.5. The number of aromatic nitrogens is 2. The molecule has 1 atom stereocenters. The molecule has 9 nitrogen and oxygen atoms in total. The zero-order chi connectivity index (χ0) is 26.4. The summed E-state index contributed by atoms with van der Waals surface area (Å²) >= 11 is 6.24. The van der Waals surface area contributed by atoms with Gasteiger partial charge in [-0.15, -0.1) is 0 Å². The molecule has 1 aromatic rings. The van der Waals surface area contributed by atoms with E-state index < -0.39 is 13.9 Å². The minimum atomic E-state index is -1.91. The molecule has 2 amide bonds. The minimum Gasteiger partial charge on any atom is -0.444 e. The van der Waals surface area contributed by atoms with Crippen LogP contribution in [-0.4, -0.2) is 73.1 Å². The first-order chi connectivity index (χ1) is 16.1. The summed E-state index contributed by atoms with van der Waals surface area (Å²) in [5, 5.41) is 6.21. The van der Waals surface area contributed by atoms with Crippen molar-refractivity contribution >= 4 is 37.7 Å². The Morgan fingerprint density at radius 1 is 1.23 bits per heavy atom. The Balaban J connectivity index is 1.91. The van der Waals surface area contributed by atoms with Crippen molar-refractivity contribution in [3.05, 3.63) is 17.0 Å². The second-order valence-electron chi connectivity index (χ2n) is 11.1. The molecule has 1 unspecified atom stereocenters. The number of rotatable bonds is 6. The van der Waals surface area contributed by atoms with Gasteiger partial charge in [-0.05, 0) is 45.3 Å². The number of anilines is 1. The van der Waals surface area contributed by atoms with Crippen LogP contribution in [0.5, 0.6) is 0 Å². The Morgan fingerprint density at radius 2 is 1.91 bits per heavy atom. The second-order valence-corrected chi connectivity index (χ2v) is 16.2. The number of amides is 2. The van der Waals surface area contributed by atoms with E-state index in [-0.39, 0.29) is 41.4 Å². The highest BCUT2D eigenvalue weighted by atomic mass is 35.5. The molecule has 35 heavy (non-hydrogen) atoms. The summed E-state index contributed by atoms with van der Waals surface area (Å²) in [5.74, 6) is 6.13. The number of carbonyl (C=O) groups is 2. The van der Waals surface area contributed by atoms with Gasteiger partial charge in [-0.2, -0.15) is 0 Å². The number of hydrogen-bond donors (Lipinski definition) is 2. The smallest absolute Gasteiger partial charge is 0.410 e. The third kappa shape index (κ3) is 8.98. The van der Waals surface area contributed by atoms with Gasteiger partial charge >= 0.3 is 6.09 Å². The first kappa shape index (κ1) is 28.9. The molecule has 0 spiro atoms. The number of nitrogens with one attached hydrogen (secondary N) is 2. The van der Waals surface area contributed by atoms with Crippen LogP contribution >= 0.6 is 11.6 Å². The van der Waals surface area contributed by atoms with Crippen LogP contribution in [0.4, 0.5) is 10.6 Å². The molecule has 11 heteroatoms. The lowest BCUT2D eigenvalue weighted by Gasteiger charge is -2.35. The maximum atomic E-state index is 12.5. The number of ether oxygens (including phenoxy) is 1. The van der Waals surface area contributed by atoms with E-state index in [0.717, 1.165) is 0 Å². The summed E-state index contributed by atoms with van der Waals surface area (Å²) in [6, 6.07) is -0.141. The van der Waals surface area contributed by atoms with Crippen LogP contribution in [-0.2, 0) is 14.0 Å². The number of halogens is 1. The van der Waals surface area contributed by atoms with Gasteiger partial charge in [0.1, 0.15) is 28.5 Å². The molecule has 1 aliphatic rings. The molecular formula is C24H38ClN5O4Si. The fourth-order valence-corrected chi connectivity index (χ4v) is 4.03. The van der Waals surface area contributed by atoms with Crippen molar-refractivity contribution in [2.24, 2.45) is 0 Å². The molecule has 0 saturated carbocycles. The molecule has 0 aromatic carbocycles. The van der Waals surface area contributed by atoms with Crippen molar-refractivity contribution in [3.8, 4) is 11.8 Å². The first-order valence-electron chi connectivity index (χ1n) is 11.7. The van der Waals surface area contributed by atoms with Crippen LogP contribution in [0.3, 0.4) is 0 Å². The van der Waals surface area contributed by atoms with E-state index in [0.29, 0.717) is 30.9 Å². The maximum Gasteiger partial charge on any atom is 0.410 e. The van der Waals surface area contributed by atoms with Crippen molar-refractivity contribution in [2.75, 3.05) is 31.6 Å². The van der Waals surface area contributed by atoms with E-state index in [1.165, 1.54) is 6.33 Å². The summed E-state index contributed by atoms with van der Waals surface area (Å²) in [6.07, 6.45) is 1.61. The minimum absolute atomic E-state index is 0.0224. The predicted molar refractivity (Wildman–Crippen MR) is 140 cm³/mol. The molecule has 1 fully saturated rings. The van der Waals surface area contributed by atoms with Gasteiger partial charge in [-0.1, -0.05) is 44.2 Å². The molecule has 194 valence electrons. The average molecular weight is 524 g/mol. The highest BCUT2D eigenvalue weighted by Gasteiger charge is 2.36. The van der Waals surface area contributed by atoms with Crippen LogP contribution in [0.2, 0.25) is 23.3 Å². The first-order valence-corrected chi connectivity index (χ1v) is 15.0. The molecule has 2 rings (SSSR count). The topological polar surface area (TPSA) is 106 Å². The summed E-state index contributed by atoms with van der Waals surface area (Å²) in [6.45, 7) is 17.5. The Hall–Kier alpha value is -2.35. The molecule has 0 bridgehead atoms. The number of hydrogen-bond acceptors (Lipinski definition) is 7. The number of carbonyl (C=O) groups excluding carboxylic acids is 2. The van der Waals surface area contributed by atoms with Crippen molar-refractivity contribution < 1.29 is 18.8 Å². The van der Waals surface area contributed by atoms with Crippen LogP contribution in [0, 0.1) is 11.8 Å². The summed E-state index contributed by atoms with van der Waals surface area (Å²) in [5.41, 5.74) is -0.142. The van der Waals surface area contributed by atoms with Gasteiger partial charge in [0, 0.05) is 19.1 Å². The van der Waals surface area contributed by atoms with E-state index in [9.17, 15) is 9.59 Å². The fourth-order valence-electron chi connectivity index (χ4n) is 2.98. The highest BCUT2D eigenvalue weighted by Crippen LogP contribution is 2.36. The van der Waals surface area contributed by atoms with Crippen LogP contribution in [0.1, 0.15) is 53.5 Å². The Kier molecular flexibility index (Phi) is 9.56. The molecule has 1 aliphatic heterocycles. The fraction of sp³-hybridized carbons (Fsp3) is 0.667. The van der Waals surface area contributed by atoms with E-state index in [2.05, 4.69) is 66.3 Å². The summed E-state index contributed by atoms with van der Waals surface area (Å²) in [7, 11) is -1.91. The predicted octanol–water partition coefficient (Wildman–Crippen LogP) is 4.04.